The molecule has 2 heterocycles. The fourth-order valence-electron chi connectivity index (χ4n) is 3.26. The summed E-state index contributed by atoms with van der Waals surface area (Å²) < 4.78 is 8.81. The number of para-hydroxylation sites is 1. The lowest BCUT2D eigenvalue weighted by atomic mass is 10.2. The van der Waals surface area contributed by atoms with Crippen LogP contribution < -0.4 is 15.6 Å². The second-order valence-corrected chi connectivity index (χ2v) is 6.23. The van der Waals surface area contributed by atoms with E-state index in [4.69, 9.17) is 4.74 Å². The summed E-state index contributed by atoms with van der Waals surface area (Å²) in [6, 6.07) is 16.2. The third kappa shape index (κ3) is 3.03. The SMILES string of the molecule is COc1cccc(NC(=O)Cn2c3ccccc3c3nc(=O)cc(C)n32)c1. The molecular formula is C20H18N4O3. The molecule has 0 bridgehead atoms. The largest absolute Gasteiger partial charge is 0.497 e. The van der Waals surface area contributed by atoms with Crippen LogP contribution in [0.3, 0.4) is 0 Å². The van der Waals surface area contributed by atoms with Crippen molar-refractivity contribution in [3.05, 3.63) is 70.6 Å². The molecule has 2 aromatic carbocycles. The molecule has 1 N–H and O–H groups in total. The van der Waals surface area contributed by atoms with Gasteiger partial charge in [0.05, 0.1) is 12.6 Å². The molecule has 7 heteroatoms. The quantitative estimate of drug-likeness (QED) is 0.605. The van der Waals surface area contributed by atoms with Crippen LogP contribution in [0, 0.1) is 6.92 Å². The molecule has 0 aliphatic heterocycles. The molecule has 136 valence electrons. The Bertz CT molecular complexity index is 1220. The van der Waals surface area contributed by atoms with E-state index in [1.807, 2.05) is 48.0 Å². The maximum Gasteiger partial charge on any atom is 0.273 e. The maximum atomic E-state index is 12.7. The van der Waals surface area contributed by atoms with E-state index in [0.717, 1.165) is 16.6 Å². The summed E-state index contributed by atoms with van der Waals surface area (Å²) in [7, 11) is 1.58. The van der Waals surface area contributed by atoms with Gasteiger partial charge in [0.25, 0.3) is 5.56 Å². The van der Waals surface area contributed by atoms with Gasteiger partial charge in [0.2, 0.25) is 5.91 Å². The molecule has 0 unspecified atom stereocenters. The van der Waals surface area contributed by atoms with Gasteiger partial charge in [-0.25, -0.2) is 4.52 Å². The van der Waals surface area contributed by atoms with Crippen molar-refractivity contribution in [1.29, 1.82) is 0 Å². The van der Waals surface area contributed by atoms with Gasteiger partial charge in [-0.3, -0.25) is 14.3 Å². The second-order valence-electron chi connectivity index (χ2n) is 6.23. The standard InChI is InChI=1S/C20H18N4O3/c1-13-10-18(25)22-20-16-8-3-4-9-17(16)23(24(13)20)12-19(26)21-14-6-5-7-15(11-14)27-2/h3-11H,12H2,1-2H3,(H,21,26). The fraction of sp³-hybridized carbons (Fsp3) is 0.150. The van der Waals surface area contributed by atoms with Crippen LogP contribution in [0.2, 0.25) is 0 Å². The fourth-order valence-corrected chi connectivity index (χ4v) is 3.26. The summed E-state index contributed by atoms with van der Waals surface area (Å²) in [6.45, 7) is 1.90. The van der Waals surface area contributed by atoms with Gasteiger partial charge in [0, 0.05) is 28.9 Å². The molecule has 0 saturated heterocycles. The van der Waals surface area contributed by atoms with E-state index in [-0.39, 0.29) is 18.0 Å². The highest BCUT2D eigenvalue weighted by Crippen LogP contribution is 2.22. The van der Waals surface area contributed by atoms with Crippen LogP contribution in [0.5, 0.6) is 5.75 Å². The van der Waals surface area contributed by atoms with Gasteiger partial charge in [-0.2, -0.15) is 4.98 Å². The summed E-state index contributed by atoms with van der Waals surface area (Å²) in [6.07, 6.45) is 0. The molecule has 1 amide bonds. The third-order valence-electron chi connectivity index (χ3n) is 4.39. The molecule has 2 aromatic heterocycles. The highest BCUT2D eigenvalue weighted by molar-refractivity contribution is 5.95. The molecule has 0 spiro atoms. The van der Waals surface area contributed by atoms with Gasteiger partial charge < -0.3 is 10.1 Å². The number of carbonyl (C=O) groups is 1. The Labute approximate surface area is 154 Å². The molecule has 0 atom stereocenters. The number of anilines is 1. The van der Waals surface area contributed by atoms with Gasteiger partial charge >= 0.3 is 0 Å². The molecule has 4 aromatic rings. The number of nitrogens with zero attached hydrogens (tertiary/aromatic N) is 3. The number of ether oxygens (including phenoxy) is 1. The number of nitrogens with one attached hydrogen (secondary N) is 1. The predicted octanol–water partition coefficient (Wildman–Crippen LogP) is 2.60. The lowest BCUT2D eigenvalue weighted by Gasteiger charge is -2.11. The second kappa shape index (κ2) is 6.60. The van der Waals surface area contributed by atoms with E-state index in [0.29, 0.717) is 17.1 Å². The topological polar surface area (TPSA) is 77.6 Å². The number of rotatable bonds is 4. The summed E-state index contributed by atoms with van der Waals surface area (Å²) in [5.74, 6) is 0.478. The third-order valence-corrected chi connectivity index (χ3v) is 4.39. The molecule has 0 radical (unpaired) electrons. The number of aromatic nitrogens is 3. The smallest absolute Gasteiger partial charge is 0.273 e. The van der Waals surface area contributed by atoms with Crippen molar-refractivity contribution in [2.24, 2.45) is 0 Å². The molecule has 4 rings (SSSR count). The summed E-state index contributed by atoms with van der Waals surface area (Å²) in [5.41, 5.74) is 2.46. The molecule has 0 aliphatic rings. The molecular weight excluding hydrogens is 344 g/mol. The van der Waals surface area contributed by atoms with E-state index in [9.17, 15) is 9.59 Å². The molecule has 0 saturated carbocycles. The van der Waals surface area contributed by atoms with E-state index in [1.54, 1.807) is 23.8 Å². The molecule has 27 heavy (non-hydrogen) atoms. The van der Waals surface area contributed by atoms with Gasteiger partial charge in [0.15, 0.2) is 5.65 Å². The van der Waals surface area contributed by atoms with Crippen molar-refractivity contribution in [3.8, 4) is 5.75 Å². The number of benzene rings is 2. The van der Waals surface area contributed by atoms with Crippen LogP contribution in [0.15, 0.2) is 59.4 Å². The Balaban J connectivity index is 1.76. The number of hydrogen-bond acceptors (Lipinski definition) is 4. The number of amides is 1. The number of fused-ring (bicyclic) bond motifs is 3. The van der Waals surface area contributed by atoms with Crippen molar-refractivity contribution in [3.63, 3.8) is 0 Å². The first kappa shape index (κ1) is 16.8. The minimum atomic E-state index is -0.295. The highest BCUT2D eigenvalue weighted by Gasteiger charge is 2.15. The van der Waals surface area contributed by atoms with Crippen molar-refractivity contribution >= 4 is 28.1 Å². The Hall–Kier alpha value is -3.61. The summed E-state index contributed by atoms with van der Waals surface area (Å²) in [4.78, 5) is 28.7. The van der Waals surface area contributed by atoms with Crippen LogP contribution >= 0.6 is 0 Å². The number of hydrogen-bond donors (Lipinski definition) is 1. The first-order valence-corrected chi connectivity index (χ1v) is 8.48. The number of carbonyl (C=O) groups excluding carboxylic acids is 1. The Morgan fingerprint density at radius 3 is 2.78 bits per heavy atom. The minimum absolute atomic E-state index is 0.0760. The minimum Gasteiger partial charge on any atom is -0.497 e. The predicted molar refractivity (Wildman–Crippen MR) is 103 cm³/mol. The van der Waals surface area contributed by atoms with Crippen LogP contribution in [0.1, 0.15) is 5.69 Å². The number of aryl methyl sites for hydroxylation is 1. The van der Waals surface area contributed by atoms with E-state index in [2.05, 4.69) is 10.3 Å². The Morgan fingerprint density at radius 1 is 1.15 bits per heavy atom. The zero-order chi connectivity index (χ0) is 19.0. The Kier molecular flexibility index (Phi) is 4.12. The van der Waals surface area contributed by atoms with E-state index >= 15 is 0 Å². The van der Waals surface area contributed by atoms with E-state index < -0.39 is 0 Å². The summed E-state index contributed by atoms with van der Waals surface area (Å²) in [5, 5.41) is 3.71. The summed E-state index contributed by atoms with van der Waals surface area (Å²) >= 11 is 0. The Morgan fingerprint density at radius 2 is 1.96 bits per heavy atom. The molecule has 0 aliphatic carbocycles. The van der Waals surface area contributed by atoms with Gasteiger partial charge in [0.1, 0.15) is 12.3 Å². The van der Waals surface area contributed by atoms with Crippen molar-refractivity contribution < 1.29 is 9.53 Å². The molecule has 0 fully saturated rings. The van der Waals surface area contributed by atoms with Crippen molar-refractivity contribution in [2.75, 3.05) is 12.4 Å². The van der Waals surface area contributed by atoms with E-state index in [1.165, 1.54) is 6.07 Å². The zero-order valence-electron chi connectivity index (χ0n) is 15.0. The van der Waals surface area contributed by atoms with Crippen LogP contribution in [0.25, 0.3) is 16.6 Å². The van der Waals surface area contributed by atoms with Crippen LogP contribution in [-0.2, 0) is 11.3 Å². The van der Waals surface area contributed by atoms with Crippen molar-refractivity contribution in [2.45, 2.75) is 13.5 Å². The average Bonchev–Trinajstić information content (AvgIpc) is 2.96. The molecule has 7 nitrogen and oxygen atoms in total. The van der Waals surface area contributed by atoms with Gasteiger partial charge in [-0.1, -0.05) is 18.2 Å². The first-order valence-electron chi connectivity index (χ1n) is 8.48. The zero-order valence-corrected chi connectivity index (χ0v) is 15.0. The highest BCUT2D eigenvalue weighted by atomic mass is 16.5. The number of methoxy groups -OCH3 is 1. The average molecular weight is 362 g/mol. The van der Waals surface area contributed by atoms with Gasteiger partial charge in [-0.15, -0.1) is 0 Å². The first-order chi connectivity index (χ1) is 13.1. The lowest BCUT2D eigenvalue weighted by molar-refractivity contribution is -0.116. The van der Waals surface area contributed by atoms with Crippen molar-refractivity contribution in [1.82, 2.24) is 14.2 Å². The van der Waals surface area contributed by atoms with Crippen LogP contribution in [0.4, 0.5) is 5.69 Å². The van der Waals surface area contributed by atoms with Gasteiger partial charge in [-0.05, 0) is 31.2 Å². The normalized spacial score (nSPS) is 11.0. The lowest BCUT2D eigenvalue weighted by Crippen LogP contribution is -2.23. The monoisotopic (exact) mass is 362 g/mol. The maximum absolute atomic E-state index is 12.7. The van der Waals surface area contributed by atoms with Crippen LogP contribution in [-0.4, -0.2) is 27.2 Å².